The molecule has 0 spiro atoms. The standard InChI is InChI=1S/C24H21N5O2/c1-15-7-8-16(22(30)28-17-5-3-2-4-6-17)13-19(15)29-23(31)24(10-11-24)20-18-9-12-25-21(18)27-14-26-20/h2-9,12-14H,10-11H2,1H3,(H,28,30)(H,29,31)(H,25,26,27). The van der Waals surface area contributed by atoms with E-state index < -0.39 is 5.41 Å². The molecule has 1 saturated carbocycles. The Bertz CT molecular complexity index is 1290. The lowest BCUT2D eigenvalue weighted by atomic mass is 9.98. The lowest BCUT2D eigenvalue weighted by Crippen LogP contribution is -2.29. The second kappa shape index (κ2) is 7.36. The third kappa shape index (κ3) is 3.44. The number of H-pyrrole nitrogens is 1. The number of aromatic amines is 1. The molecule has 0 radical (unpaired) electrons. The fourth-order valence-corrected chi connectivity index (χ4v) is 3.81. The Labute approximate surface area is 178 Å². The van der Waals surface area contributed by atoms with Gasteiger partial charge in [-0.2, -0.15) is 0 Å². The molecule has 7 nitrogen and oxygen atoms in total. The number of carbonyl (C=O) groups is 2. The summed E-state index contributed by atoms with van der Waals surface area (Å²) in [6.07, 6.45) is 4.74. The van der Waals surface area contributed by atoms with Gasteiger partial charge in [-0.3, -0.25) is 9.59 Å². The SMILES string of the molecule is Cc1ccc(C(=O)Nc2ccccc2)cc1NC(=O)C1(c2ncnc3[nH]ccc23)CC1. The summed E-state index contributed by atoms with van der Waals surface area (Å²) in [5.74, 6) is -0.343. The zero-order valence-electron chi connectivity index (χ0n) is 17.0. The van der Waals surface area contributed by atoms with Crippen molar-refractivity contribution in [2.75, 3.05) is 10.6 Å². The number of rotatable bonds is 5. The first-order valence-corrected chi connectivity index (χ1v) is 10.1. The highest BCUT2D eigenvalue weighted by Crippen LogP contribution is 2.50. The summed E-state index contributed by atoms with van der Waals surface area (Å²) >= 11 is 0. The van der Waals surface area contributed by atoms with Gasteiger partial charge >= 0.3 is 0 Å². The second-order valence-corrected chi connectivity index (χ2v) is 7.85. The van der Waals surface area contributed by atoms with Gasteiger partial charge in [-0.25, -0.2) is 9.97 Å². The number of nitrogens with zero attached hydrogens (tertiary/aromatic N) is 2. The molecule has 0 aliphatic heterocycles. The quantitative estimate of drug-likeness (QED) is 0.458. The van der Waals surface area contributed by atoms with Gasteiger partial charge in [0.2, 0.25) is 5.91 Å². The third-order valence-corrected chi connectivity index (χ3v) is 5.77. The van der Waals surface area contributed by atoms with E-state index in [0.29, 0.717) is 11.3 Å². The van der Waals surface area contributed by atoms with Gasteiger partial charge in [0.15, 0.2) is 0 Å². The zero-order chi connectivity index (χ0) is 21.4. The van der Waals surface area contributed by atoms with E-state index in [1.54, 1.807) is 18.3 Å². The minimum Gasteiger partial charge on any atom is -0.346 e. The van der Waals surface area contributed by atoms with Crippen molar-refractivity contribution in [1.82, 2.24) is 15.0 Å². The van der Waals surface area contributed by atoms with Gasteiger partial charge in [0.05, 0.1) is 11.1 Å². The molecule has 154 valence electrons. The molecule has 3 N–H and O–H groups in total. The molecular formula is C24H21N5O2. The monoisotopic (exact) mass is 411 g/mol. The number of nitrogens with one attached hydrogen (secondary N) is 3. The number of carbonyl (C=O) groups excluding carboxylic acids is 2. The van der Waals surface area contributed by atoms with Gasteiger partial charge in [0.25, 0.3) is 5.91 Å². The Morgan fingerprint density at radius 2 is 1.81 bits per heavy atom. The Kier molecular flexibility index (Phi) is 4.51. The van der Waals surface area contributed by atoms with Crippen molar-refractivity contribution in [2.45, 2.75) is 25.2 Å². The molecule has 1 fully saturated rings. The van der Waals surface area contributed by atoms with E-state index in [1.165, 1.54) is 6.33 Å². The summed E-state index contributed by atoms with van der Waals surface area (Å²) in [5.41, 5.74) is 3.50. The second-order valence-electron chi connectivity index (χ2n) is 7.85. The average molecular weight is 411 g/mol. The largest absolute Gasteiger partial charge is 0.346 e. The molecule has 0 unspecified atom stereocenters. The van der Waals surface area contributed by atoms with E-state index in [1.807, 2.05) is 49.4 Å². The van der Waals surface area contributed by atoms with Crippen LogP contribution in [-0.2, 0) is 10.2 Å². The average Bonchev–Trinajstić information content (AvgIpc) is 3.45. The fourth-order valence-electron chi connectivity index (χ4n) is 3.81. The molecule has 2 heterocycles. The molecule has 5 rings (SSSR count). The maximum atomic E-state index is 13.3. The zero-order valence-corrected chi connectivity index (χ0v) is 17.0. The van der Waals surface area contributed by atoms with E-state index in [-0.39, 0.29) is 11.8 Å². The number of aromatic nitrogens is 3. The maximum absolute atomic E-state index is 13.3. The van der Waals surface area contributed by atoms with Gasteiger partial charge in [-0.05, 0) is 55.7 Å². The molecule has 2 aromatic heterocycles. The summed E-state index contributed by atoms with van der Waals surface area (Å²) in [4.78, 5) is 37.7. The predicted octanol–water partition coefficient (Wildman–Crippen LogP) is 4.19. The molecule has 4 aromatic rings. The Morgan fingerprint density at radius 1 is 1.00 bits per heavy atom. The lowest BCUT2D eigenvalue weighted by Gasteiger charge is -2.17. The van der Waals surface area contributed by atoms with E-state index in [4.69, 9.17) is 0 Å². The van der Waals surface area contributed by atoms with Crippen LogP contribution in [0.15, 0.2) is 67.1 Å². The Balaban J connectivity index is 1.40. The molecular weight excluding hydrogens is 390 g/mol. The molecule has 7 heteroatoms. The first-order valence-electron chi connectivity index (χ1n) is 10.1. The molecule has 0 saturated heterocycles. The normalized spacial score (nSPS) is 14.2. The first kappa shape index (κ1) is 19.0. The summed E-state index contributed by atoms with van der Waals surface area (Å²) in [5, 5.41) is 6.77. The molecule has 2 amide bonds. The number of anilines is 2. The molecule has 2 aromatic carbocycles. The van der Waals surface area contributed by atoms with Crippen LogP contribution in [0.2, 0.25) is 0 Å². The van der Waals surface area contributed by atoms with E-state index in [0.717, 1.165) is 40.8 Å². The van der Waals surface area contributed by atoms with Gasteiger partial charge in [-0.1, -0.05) is 24.3 Å². The van der Waals surface area contributed by atoms with Crippen LogP contribution in [0.1, 0.15) is 34.5 Å². The lowest BCUT2D eigenvalue weighted by molar-refractivity contribution is -0.118. The van der Waals surface area contributed by atoms with Crippen LogP contribution in [0, 0.1) is 6.92 Å². The van der Waals surface area contributed by atoms with Crippen molar-refractivity contribution in [3.8, 4) is 0 Å². The first-order chi connectivity index (χ1) is 15.1. The predicted molar refractivity (Wildman–Crippen MR) is 119 cm³/mol. The minimum atomic E-state index is -0.669. The van der Waals surface area contributed by atoms with E-state index in [9.17, 15) is 9.59 Å². The molecule has 0 bridgehead atoms. The molecule has 1 aliphatic rings. The van der Waals surface area contributed by atoms with Crippen LogP contribution in [0.4, 0.5) is 11.4 Å². The van der Waals surface area contributed by atoms with Crippen LogP contribution in [0.3, 0.4) is 0 Å². The van der Waals surface area contributed by atoms with Crippen molar-refractivity contribution in [3.63, 3.8) is 0 Å². The van der Waals surface area contributed by atoms with Gasteiger partial charge in [0, 0.05) is 28.5 Å². The highest BCUT2D eigenvalue weighted by atomic mass is 16.2. The van der Waals surface area contributed by atoms with Crippen molar-refractivity contribution >= 4 is 34.2 Å². The summed E-state index contributed by atoms with van der Waals surface area (Å²) < 4.78 is 0. The van der Waals surface area contributed by atoms with Gasteiger partial charge in [-0.15, -0.1) is 0 Å². The number of aryl methyl sites for hydroxylation is 1. The number of amides is 2. The number of benzene rings is 2. The highest BCUT2D eigenvalue weighted by Gasteiger charge is 2.53. The molecule has 1 aliphatic carbocycles. The third-order valence-electron chi connectivity index (χ3n) is 5.77. The molecule has 0 atom stereocenters. The van der Waals surface area contributed by atoms with Crippen molar-refractivity contribution < 1.29 is 9.59 Å². The van der Waals surface area contributed by atoms with Crippen LogP contribution in [-0.4, -0.2) is 26.8 Å². The fraction of sp³-hybridized carbons (Fsp3) is 0.167. The Morgan fingerprint density at radius 3 is 2.58 bits per heavy atom. The van der Waals surface area contributed by atoms with Crippen LogP contribution in [0.25, 0.3) is 11.0 Å². The molecule has 31 heavy (non-hydrogen) atoms. The van der Waals surface area contributed by atoms with Crippen molar-refractivity contribution in [1.29, 1.82) is 0 Å². The smallest absolute Gasteiger partial charge is 0.255 e. The van der Waals surface area contributed by atoms with E-state index >= 15 is 0 Å². The minimum absolute atomic E-state index is 0.114. The highest BCUT2D eigenvalue weighted by molar-refractivity contribution is 6.07. The van der Waals surface area contributed by atoms with Crippen LogP contribution >= 0.6 is 0 Å². The van der Waals surface area contributed by atoms with Crippen LogP contribution < -0.4 is 10.6 Å². The van der Waals surface area contributed by atoms with Gasteiger partial charge in [0.1, 0.15) is 12.0 Å². The number of para-hydroxylation sites is 1. The number of fused-ring (bicyclic) bond motifs is 1. The van der Waals surface area contributed by atoms with Crippen molar-refractivity contribution in [3.05, 3.63) is 83.9 Å². The van der Waals surface area contributed by atoms with Gasteiger partial charge < -0.3 is 15.6 Å². The van der Waals surface area contributed by atoms with Crippen LogP contribution in [0.5, 0.6) is 0 Å². The summed E-state index contributed by atoms with van der Waals surface area (Å²) in [7, 11) is 0. The summed E-state index contributed by atoms with van der Waals surface area (Å²) in [6, 6.07) is 16.5. The van der Waals surface area contributed by atoms with E-state index in [2.05, 4.69) is 25.6 Å². The maximum Gasteiger partial charge on any atom is 0.255 e. The Hall–Kier alpha value is -4.00. The van der Waals surface area contributed by atoms with Crippen molar-refractivity contribution in [2.24, 2.45) is 0 Å². The number of hydrogen-bond donors (Lipinski definition) is 3. The topological polar surface area (TPSA) is 99.8 Å². The summed E-state index contributed by atoms with van der Waals surface area (Å²) in [6.45, 7) is 1.91. The number of hydrogen-bond acceptors (Lipinski definition) is 4.